The fraction of sp³-hybridized carbons (Fsp3) is 0.438. The number of hydrogen-bond donors (Lipinski definition) is 1. The first-order valence-electron chi connectivity index (χ1n) is 7.34. The molecule has 7 heteroatoms. The first-order valence-corrected chi connectivity index (χ1v) is 7.71. The normalized spacial score (nSPS) is 18.8. The topological polar surface area (TPSA) is 77.9 Å². The molecular weight excluding hydrogens is 320 g/mol. The van der Waals surface area contributed by atoms with Crippen LogP contribution in [0.5, 0.6) is 0 Å². The Labute approximate surface area is 139 Å². The monoisotopic (exact) mass is 338 g/mol. The van der Waals surface area contributed by atoms with E-state index >= 15 is 0 Å². The van der Waals surface area contributed by atoms with Crippen molar-refractivity contribution in [2.24, 2.45) is 11.8 Å². The zero-order valence-corrected chi connectivity index (χ0v) is 13.8. The average molecular weight is 339 g/mol. The Kier molecular flexibility index (Phi) is 5.26. The molecule has 1 aromatic rings. The lowest BCUT2D eigenvalue weighted by atomic mass is 10.1. The van der Waals surface area contributed by atoms with Gasteiger partial charge in [-0.05, 0) is 12.1 Å². The SMILES string of the molecule is CC(CN(C)C(=O)C1CC(=O)N(c2ccccc2Cl)C1)C(=O)O. The molecule has 1 heterocycles. The number of para-hydroxylation sites is 1. The van der Waals surface area contributed by atoms with E-state index in [4.69, 9.17) is 16.7 Å². The van der Waals surface area contributed by atoms with Gasteiger partial charge < -0.3 is 14.9 Å². The Bertz CT molecular complexity index is 634. The van der Waals surface area contributed by atoms with Crippen LogP contribution in [0.4, 0.5) is 5.69 Å². The van der Waals surface area contributed by atoms with Gasteiger partial charge in [0.05, 0.1) is 22.5 Å². The molecule has 0 saturated carbocycles. The summed E-state index contributed by atoms with van der Waals surface area (Å²) >= 11 is 6.11. The Balaban J connectivity index is 2.06. The summed E-state index contributed by atoms with van der Waals surface area (Å²) in [6, 6.07) is 6.99. The molecule has 0 aliphatic carbocycles. The van der Waals surface area contributed by atoms with Gasteiger partial charge in [0, 0.05) is 26.6 Å². The van der Waals surface area contributed by atoms with Crippen LogP contribution in [-0.4, -0.2) is 47.9 Å². The first kappa shape index (κ1) is 17.3. The van der Waals surface area contributed by atoms with Crippen molar-refractivity contribution in [3.8, 4) is 0 Å². The summed E-state index contributed by atoms with van der Waals surface area (Å²) in [6.07, 6.45) is 0.107. The highest BCUT2D eigenvalue weighted by atomic mass is 35.5. The number of carbonyl (C=O) groups is 3. The molecule has 0 bridgehead atoms. The summed E-state index contributed by atoms with van der Waals surface area (Å²) in [6.45, 7) is 1.92. The van der Waals surface area contributed by atoms with Crippen molar-refractivity contribution in [3.63, 3.8) is 0 Å². The number of amides is 2. The molecule has 0 radical (unpaired) electrons. The third kappa shape index (κ3) is 3.82. The summed E-state index contributed by atoms with van der Waals surface area (Å²) < 4.78 is 0. The number of halogens is 1. The number of hydrogen-bond acceptors (Lipinski definition) is 3. The first-order chi connectivity index (χ1) is 10.8. The van der Waals surface area contributed by atoms with E-state index in [-0.39, 0.29) is 31.3 Å². The lowest BCUT2D eigenvalue weighted by molar-refractivity contribution is -0.143. The van der Waals surface area contributed by atoms with Gasteiger partial charge >= 0.3 is 5.97 Å². The van der Waals surface area contributed by atoms with E-state index in [0.717, 1.165) is 0 Å². The van der Waals surface area contributed by atoms with Crippen LogP contribution in [0.1, 0.15) is 13.3 Å². The minimum absolute atomic E-state index is 0.107. The van der Waals surface area contributed by atoms with Crippen molar-refractivity contribution in [1.82, 2.24) is 4.90 Å². The van der Waals surface area contributed by atoms with Gasteiger partial charge in [-0.15, -0.1) is 0 Å². The highest BCUT2D eigenvalue weighted by molar-refractivity contribution is 6.33. The second-order valence-electron chi connectivity index (χ2n) is 5.81. The van der Waals surface area contributed by atoms with E-state index in [0.29, 0.717) is 10.7 Å². The van der Waals surface area contributed by atoms with E-state index in [1.165, 1.54) is 9.80 Å². The molecule has 2 rings (SSSR count). The molecule has 6 nitrogen and oxygen atoms in total. The number of carbonyl (C=O) groups excluding carboxylic acids is 2. The van der Waals surface area contributed by atoms with Crippen molar-refractivity contribution in [1.29, 1.82) is 0 Å². The molecule has 2 unspecified atom stereocenters. The predicted octanol–water partition coefficient (Wildman–Crippen LogP) is 1.87. The molecule has 23 heavy (non-hydrogen) atoms. The number of rotatable bonds is 5. The smallest absolute Gasteiger partial charge is 0.308 e. The average Bonchev–Trinajstić information content (AvgIpc) is 2.88. The Morgan fingerprint density at radius 3 is 2.70 bits per heavy atom. The molecular formula is C16H19ClN2O4. The van der Waals surface area contributed by atoms with Crippen molar-refractivity contribution in [2.45, 2.75) is 13.3 Å². The minimum Gasteiger partial charge on any atom is -0.481 e. The molecule has 1 aromatic carbocycles. The Hall–Kier alpha value is -2.08. The Morgan fingerprint density at radius 1 is 1.43 bits per heavy atom. The highest BCUT2D eigenvalue weighted by Crippen LogP contribution is 2.31. The maximum atomic E-state index is 12.4. The summed E-state index contributed by atoms with van der Waals surface area (Å²) in [5.74, 6) is -2.47. The molecule has 124 valence electrons. The van der Waals surface area contributed by atoms with Crippen molar-refractivity contribution in [2.75, 3.05) is 25.0 Å². The van der Waals surface area contributed by atoms with E-state index in [9.17, 15) is 14.4 Å². The molecule has 1 aliphatic heterocycles. The molecule has 0 aromatic heterocycles. The predicted molar refractivity (Wildman–Crippen MR) is 86.3 cm³/mol. The van der Waals surface area contributed by atoms with Crippen LogP contribution in [0.2, 0.25) is 5.02 Å². The van der Waals surface area contributed by atoms with Crippen LogP contribution in [-0.2, 0) is 14.4 Å². The van der Waals surface area contributed by atoms with Gasteiger partial charge in [-0.3, -0.25) is 14.4 Å². The molecule has 1 fully saturated rings. The standard InChI is InChI=1S/C16H19ClN2O4/c1-10(16(22)23)8-18(2)15(21)11-7-14(20)19(9-11)13-6-4-3-5-12(13)17/h3-6,10-11H,7-9H2,1-2H3,(H,22,23). The van der Waals surface area contributed by atoms with Gasteiger partial charge in [0.1, 0.15) is 0 Å². The molecule has 1 N–H and O–H groups in total. The van der Waals surface area contributed by atoms with Crippen molar-refractivity contribution >= 4 is 35.1 Å². The lowest BCUT2D eigenvalue weighted by Gasteiger charge is -2.23. The lowest BCUT2D eigenvalue weighted by Crippen LogP contribution is -2.38. The molecule has 1 saturated heterocycles. The van der Waals surface area contributed by atoms with Crippen LogP contribution in [0, 0.1) is 11.8 Å². The van der Waals surface area contributed by atoms with E-state index < -0.39 is 17.8 Å². The number of anilines is 1. The third-order valence-corrected chi connectivity index (χ3v) is 4.28. The quantitative estimate of drug-likeness (QED) is 0.889. The van der Waals surface area contributed by atoms with Gasteiger partial charge in [-0.25, -0.2) is 0 Å². The fourth-order valence-electron chi connectivity index (χ4n) is 2.67. The second-order valence-corrected chi connectivity index (χ2v) is 6.22. The molecule has 0 spiro atoms. The zero-order valence-electron chi connectivity index (χ0n) is 13.0. The van der Waals surface area contributed by atoms with Crippen molar-refractivity contribution in [3.05, 3.63) is 29.3 Å². The minimum atomic E-state index is -0.954. The van der Waals surface area contributed by atoms with Gasteiger partial charge in [0.15, 0.2) is 0 Å². The zero-order chi connectivity index (χ0) is 17.1. The largest absolute Gasteiger partial charge is 0.481 e. The number of carboxylic acid groups (broad SMARTS) is 1. The Morgan fingerprint density at radius 2 is 2.09 bits per heavy atom. The van der Waals surface area contributed by atoms with Crippen LogP contribution >= 0.6 is 11.6 Å². The summed E-state index contributed by atoms with van der Waals surface area (Å²) in [7, 11) is 1.56. The van der Waals surface area contributed by atoms with Crippen LogP contribution < -0.4 is 4.90 Å². The van der Waals surface area contributed by atoms with E-state index in [2.05, 4.69) is 0 Å². The summed E-state index contributed by atoms with van der Waals surface area (Å²) in [4.78, 5) is 38.4. The number of nitrogens with zero attached hydrogens (tertiary/aromatic N) is 2. The van der Waals surface area contributed by atoms with Gasteiger partial charge in [0.2, 0.25) is 11.8 Å². The fourth-order valence-corrected chi connectivity index (χ4v) is 2.90. The summed E-state index contributed by atoms with van der Waals surface area (Å²) in [5.41, 5.74) is 0.594. The van der Waals surface area contributed by atoms with Crippen LogP contribution in [0.3, 0.4) is 0 Å². The maximum Gasteiger partial charge on any atom is 0.308 e. The molecule has 1 aliphatic rings. The highest BCUT2D eigenvalue weighted by Gasteiger charge is 2.37. The number of aliphatic carboxylic acids is 1. The maximum absolute atomic E-state index is 12.4. The van der Waals surface area contributed by atoms with Crippen LogP contribution in [0.25, 0.3) is 0 Å². The van der Waals surface area contributed by atoms with E-state index in [1.54, 1.807) is 38.2 Å². The number of benzene rings is 1. The van der Waals surface area contributed by atoms with E-state index in [1.807, 2.05) is 0 Å². The molecule has 2 atom stereocenters. The van der Waals surface area contributed by atoms with Gasteiger partial charge in [0.25, 0.3) is 0 Å². The van der Waals surface area contributed by atoms with Crippen molar-refractivity contribution < 1.29 is 19.5 Å². The summed E-state index contributed by atoms with van der Waals surface area (Å²) in [5, 5.41) is 9.39. The van der Waals surface area contributed by atoms with Crippen LogP contribution in [0.15, 0.2) is 24.3 Å². The van der Waals surface area contributed by atoms with Gasteiger partial charge in [-0.1, -0.05) is 30.7 Å². The number of carboxylic acids is 1. The second kappa shape index (κ2) is 7.00. The third-order valence-electron chi connectivity index (χ3n) is 3.96. The van der Waals surface area contributed by atoms with Gasteiger partial charge in [-0.2, -0.15) is 0 Å². The molecule has 2 amide bonds.